The Labute approximate surface area is 134 Å². The van der Waals surface area contributed by atoms with E-state index in [2.05, 4.69) is 4.90 Å². The molecule has 114 valence electrons. The van der Waals surface area contributed by atoms with Crippen molar-refractivity contribution in [1.82, 2.24) is 0 Å². The highest BCUT2D eigenvalue weighted by Crippen LogP contribution is 2.32. The van der Waals surface area contributed by atoms with Crippen molar-refractivity contribution in [3.8, 4) is 0 Å². The average molecular weight is 317 g/mol. The summed E-state index contributed by atoms with van der Waals surface area (Å²) >= 11 is 6.30. The first kappa shape index (κ1) is 14.7. The molecule has 0 atom stereocenters. The third kappa shape index (κ3) is 2.62. The van der Waals surface area contributed by atoms with Crippen molar-refractivity contribution in [2.45, 2.75) is 13.0 Å². The molecule has 0 fully saturated rings. The number of anilines is 2. The van der Waals surface area contributed by atoms with E-state index in [0.717, 1.165) is 29.8 Å². The minimum Gasteiger partial charge on any atom is -0.465 e. The van der Waals surface area contributed by atoms with Crippen LogP contribution in [0.25, 0.3) is 0 Å². The van der Waals surface area contributed by atoms with Gasteiger partial charge in [-0.1, -0.05) is 23.7 Å². The van der Waals surface area contributed by atoms with Gasteiger partial charge in [-0.25, -0.2) is 4.79 Å². The van der Waals surface area contributed by atoms with Crippen LogP contribution in [0.3, 0.4) is 0 Å². The molecule has 1 heterocycles. The SMILES string of the molecule is COC(=O)c1cccc2c1CCN(c1ccc(N)cc1Cl)C2. The second-order valence-corrected chi connectivity index (χ2v) is 5.72. The van der Waals surface area contributed by atoms with E-state index in [4.69, 9.17) is 22.1 Å². The lowest BCUT2D eigenvalue weighted by molar-refractivity contribution is 0.0599. The van der Waals surface area contributed by atoms with Gasteiger partial charge < -0.3 is 15.4 Å². The molecule has 3 rings (SSSR count). The summed E-state index contributed by atoms with van der Waals surface area (Å²) in [5, 5.41) is 0.646. The van der Waals surface area contributed by atoms with Gasteiger partial charge >= 0.3 is 5.97 Å². The predicted molar refractivity (Wildman–Crippen MR) is 88.4 cm³/mol. The van der Waals surface area contributed by atoms with Crippen LogP contribution in [0.4, 0.5) is 11.4 Å². The van der Waals surface area contributed by atoms with Crippen LogP contribution in [0.5, 0.6) is 0 Å². The molecule has 1 aliphatic rings. The highest BCUT2D eigenvalue weighted by Gasteiger charge is 2.23. The standard InChI is InChI=1S/C17H17ClN2O2/c1-22-17(21)14-4-2-3-11-10-20(8-7-13(11)14)16-6-5-12(19)9-15(16)18/h2-6,9H,7-8,10,19H2,1H3. The lowest BCUT2D eigenvalue weighted by Gasteiger charge is -2.32. The fraction of sp³-hybridized carbons (Fsp3) is 0.235. The van der Waals surface area contributed by atoms with Crippen LogP contribution in [-0.4, -0.2) is 19.6 Å². The molecule has 2 aromatic rings. The van der Waals surface area contributed by atoms with Crippen LogP contribution >= 0.6 is 11.6 Å². The lowest BCUT2D eigenvalue weighted by Crippen LogP contribution is -2.31. The van der Waals surface area contributed by atoms with Crippen molar-refractivity contribution in [2.75, 3.05) is 24.3 Å². The number of hydrogen-bond acceptors (Lipinski definition) is 4. The molecule has 22 heavy (non-hydrogen) atoms. The molecule has 0 aliphatic carbocycles. The van der Waals surface area contributed by atoms with Crippen LogP contribution in [-0.2, 0) is 17.7 Å². The van der Waals surface area contributed by atoms with Gasteiger partial charge in [0.05, 0.1) is 23.4 Å². The number of benzene rings is 2. The number of esters is 1. The van der Waals surface area contributed by atoms with E-state index in [1.807, 2.05) is 30.3 Å². The van der Waals surface area contributed by atoms with E-state index in [9.17, 15) is 4.79 Å². The Morgan fingerprint density at radius 3 is 2.86 bits per heavy atom. The number of nitrogen functional groups attached to an aromatic ring is 1. The molecule has 0 radical (unpaired) electrons. The number of nitrogens with zero attached hydrogens (tertiary/aromatic N) is 1. The van der Waals surface area contributed by atoms with Gasteiger partial charge in [0.2, 0.25) is 0 Å². The summed E-state index contributed by atoms with van der Waals surface area (Å²) in [6, 6.07) is 11.3. The molecule has 2 N–H and O–H groups in total. The largest absolute Gasteiger partial charge is 0.465 e. The summed E-state index contributed by atoms with van der Waals surface area (Å²) < 4.78 is 4.86. The lowest BCUT2D eigenvalue weighted by atomic mass is 9.94. The Morgan fingerprint density at radius 1 is 1.32 bits per heavy atom. The Morgan fingerprint density at radius 2 is 2.14 bits per heavy atom. The molecule has 4 nitrogen and oxygen atoms in total. The highest BCUT2D eigenvalue weighted by molar-refractivity contribution is 6.33. The van der Waals surface area contributed by atoms with Gasteiger partial charge in [0.1, 0.15) is 0 Å². The maximum absolute atomic E-state index is 11.9. The average Bonchev–Trinajstić information content (AvgIpc) is 2.53. The molecule has 1 aliphatic heterocycles. The van der Waals surface area contributed by atoms with E-state index < -0.39 is 0 Å². The van der Waals surface area contributed by atoms with Crippen LogP contribution < -0.4 is 10.6 Å². The number of carbonyl (C=O) groups excluding carboxylic acids is 1. The Hall–Kier alpha value is -2.20. The van der Waals surface area contributed by atoms with Crippen LogP contribution in [0, 0.1) is 0 Å². The van der Waals surface area contributed by atoms with Gasteiger partial charge in [0, 0.05) is 18.8 Å². The summed E-state index contributed by atoms with van der Waals surface area (Å²) in [6.07, 6.45) is 0.779. The van der Waals surface area contributed by atoms with Crippen LogP contribution in [0.15, 0.2) is 36.4 Å². The molecule has 0 aromatic heterocycles. The fourth-order valence-electron chi connectivity index (χ4n) is 2.90. The molecule has 0 amide bonds. The first-order chi connectivity index (χ1) is 10.6. The Kier molecular flexibility index (Phi) is 3.94. The smallest absolute Gasteiger partial charge is 0.338 e. The van der Waals surface area contributed by atoms with Gasteiger partial charge in [-0.05, 0) is 41.8 Å². The molecule has 0 spiro atoms. The van der Waals surface area contributed by atoms with Gasteiger partial charge in [-0.15, -0.1) is 0 Å². The number of nitrogens with two attached hydrogens (primary N) is 1. The third-order valence-electron chi connectivity index (χ3n) is 3.98. The molecule has 0 bridgehead atoms. The van der Waals surface area contributed by atoms with Gasteiger partial charge in [-0.2, -0.15) is 0 Å². The zero-order chi connectivity index (χ0) is 15.7. The maximum atomic E-state index is 11.9. The number of ether oxygens (including phenoxy) is 1. The van der Waals surface area contributed by atoms with E-state index in [1.54, 1.807) is 6.07 Å². The monoisotopic (exact) mass is 316 g/mol. The van der Waals surface area contributed by atoms with Crippen molar-refractivity contribution in [2.24, 2.45) is 0 Å². The number of methoxy groups -OCH3 is 1. The summed E-state index contributed by atoms with van der Waals surface area (Å²) in [7, 11) is 1.41. The van der Waals surface area contributed by atoms with E-state index in [0.29, 0.717) is 22.8 Å². The van der Waals surface area contributed by atoms with Gasteiger partial charge in [0.25, 0.3) is 0 Å². The van der Waals surface area contributed by atoms with Crippen molar-refractivity contribution in [1.29, 1.82) is 0 Å². The first-order valence-electron chi connectivity index (χ1n) is 7.09. The van der Waals surface area contributed by atoms with Crippen molar-refractivity contribution in [3.63, 3.8) is 0 Å². The molecule has 0 unspecified atom stereocenters. The van der Waals surface area contributed by atoms with E-state index >= 15 is 0 Å². The zero-order valence-electron chi connectivity index (χ0n) is 12.3. The Bertz CT molecular complexity index is 731. The molecule has 2 aromatic carbocycles. The zero-order valence-corrected chi connectivity index (χ0v) is 13.1. The third-order valence-corrected chi connectivity index (χ3v) is 4.29. The number of carbonyl (C=O) groups is 1. The van der Waals surface area contributed by atoms with Crippen LogP contribution in [0.1, 0.15) is 21.5 Å². The van der Waals surface area contributed by atoms with Gasteiger partial charge in [-0.3, -0.25) is 0 Å². The fourth-order valence-corrected chi connectivity index (χ4v) is 3.20. The molecular formula is C17H17ClN2O2. The minimum atomic E-state index is -0.282. The van der Waals surface area contributed by atoms with E-state index in [1.165, 1.54) is 7.11 Å². The second-order valence-electron chi connectivity index (χ2n) is 5.32. The van der Waals surface area contributed by atoms with E-state index in [-0.39, 0.29) is 5.97 Å². The van der Waals surface area contributed by atoms with Crippen molar-refractivity contribution in [3.05, 3.63) is 58.1 Å². The number of hydrogen-bond donors (Lipinski definition) is 1. The maximum Gasteiger partial charge on any atom is 0.338 e. The van der Waals surface area contributed by atoms with Gasteiger partial charge in [0.15, 0.2) is 0 Å². The summed E-state index contributed by atoms with van der Waals surface area (Å²) in [5.74, 6) is -0.282. The number of halogens is 1. The molecule has 0 saturated heterocycles. The normalized spacial score (nSPS) is 13.6. The first-order valence-corrected chi connectivity index (χ1v) is 7.47. The number of fused-ring (bicyclic) bond motifs is 1. The predicted octanol–water partition coefficient (Wildman–Crippen LogP) is 3.27. The Balaban J connectivity index is 1.93. The molecule has 5 heteroatoms. The second kappa shape index (κ2) is 5.89. The minimum absolute atomic E-state index is 0.282. The summed E-state index contributed by atoms with van der Waals surface area (Å²) in [4.78, 5) is 14.1. The summed E-state index contributed by atoms with van der Waals surface area (Å²) in [6.45, 7) is 1.51. The summed E-state index contributed by atoms with van der Waals surface area (Å²) in [5.41, 5.74) is 10.2. The molecule has 0 saturated carbocycles. The van der Waals surface area contributed by atoms with Crippen molar-refractivity contribution >= 4 is 28.9 Å². The quantitative estimate of drug-likeness (QED) is 0.682. The number of rotatable bonds is 2. The molecular weight excluding hydrogens is 300 g/mol. The van der Waals surface area contributed by atoms with Crippen molar-refractivity contribution < 1.29 is 9.53 Å². The topological polar surface area (TPSA) is 55.6 Å². The highest BCUT2D eigenvalue weighted by atomic mass is 35.5. The van der Waals surface area contributed by atoms with Crippen LogP contribution in [0.2, 0.25) is 5.02 Å².